The number of fused-ring (bicyclic) bond motifs is 1. The molecule has 4 heteroatoms. The second-order valence-corrected chi connectivity index (χ2v) is 8.84. The lowest BCUT2D eigenvalue weighted by Gasteiger charge is -2.38. The van der Waals surface area contributed by atoms with Gasteiger partial charge in [0.15, 0.2) is 10.9 Å². The van der Waals surface area contributed by atoms with E-state index in [4.69, 9.17) is 4.98 Å². The van der Waals surface area contributed by atoms with Gasteiger partial charge in [0.2, 0.25) is 0 Å². The predicted molar refractivity (Wildman–Crippen MR) is 88.4 cm³/mol. The molecule has 21 heavy (non-hydrogen) atoms. The van der Waals surface area contributed by atoms with Crippen LogP contribution in [0.4, 0.5) is 5.13 Å². The summed E-state index contributed by atoms with van der Waals surface area (Å²) in [5.41, 5.74) is 1.60. The highest BCUT2D eigenvalue weighted by Gasteiger charge is 2.35. The van der Waals surface area contributed by atoms with Gasteiger partial charge in [0.05, 0.1) is 10.6 Å². The van der Waals surface area contributed by atoms with Crippen molar-refractivity contribution in [2.45, 2.75) is 59.8 Å². The molecular formula is C17H26N2OS. The molecule has 3 rings (SSSR count). The minimum Gasteiger partial charge on any atom is -0.348 e. The van der Waals surface area contributed by atoms with Crippen LogP contribution in [0, 0.1) is 10.8 Å². The molecule has 1 fully saturated rings. The Morgan fingerprint density at radius 1 is 1.19 bits per heavy atom. The highest BCUT2D eigenvalue weighted by atomic mass is 32.1. The average molecular weight is 306 g/mol. The topological polar surface area (TPSA) is 33.2 Å². The molecule has 1 saturated heterocycles. The van der Waals surface area contributed by atoms with E-state index in [1.54, 1.807) is 11.3 Å². The van der Waals surface area contributed by atoms with Crippen LogP contribution in [0.1, 0.15) is 68.7 Å². The lowest BCUT2D eigenvalue weighted by molar-refractivity contribution is 0.0916. The summed E-state index contributed by atoms with van der Waals surface area (Å²) >= 11 is 1.62. The van der Waals surface area contributed by atoms with E-state index in [0.29, 0.717) is 17.6 Å². The Kier molecular flexibility index (Phi) is 3.63. The minimum absolute atomic E-state index is 0.0676. The van der Waals surface area contributed by atoms with Gasteiger partial charge >= 0.3 is 0 Å². The van der Waals surface area contributed by atoms with Crippen molar-refractivity contribution in [3.05, 3.63) is 10.6 Å². The van der Waals surface area contributed by atoms with E-state index in [1.165, 1.54) is 19.3 Å². The van der Waals surface area contributed by atoms with Gasteiger partial charge in [-0.05, 0) is 30.1 Å². The number of anilines is 1. The smallest absolute Gasteiger partial charge is 0.186 e. The van der Waals surface area contributed by atoms with Gasteiger partial charge in [0, 0.05) is 19.5 Å². The largest absolute Gasteiger partial charge is 0.348 e. The molecule has 0 radical (unpaired) electrons. The van der Waals surface area contributed by atoms with Crippen LogP contribution in [0.25, 0.3) is 0 Å². The van der Waals surface area contributed by atoms with Crippen molar-refractivity contribution in [1.29, 1.82) is 0 Å². The van der Waals surface area contributed by atoms with Crippen molar-refractivity contribution in [2.75, 3.05) is 18.0 Å². The number of ketones is 1. The second kappa shape index (κ2) is 5.08. The summed E-state index contributed by atoms with van der Waals surface area (Å²) in [6.45, 7) is 11.2. The number of thiazole rings is 1. The third kappa shape index (κ3) is 2.87. The molecule has 0 atom stereocenters. The fraction of sp³-hybridized carbons (Fsp3) is 0.765. The Morgan fingerprint density at radius 3 is 2.48 bits per heavy atom. The molecule has 0 bridgehead atoms. The number of hydrogen-bond acceptors (Lipinski definition) is 4. The number of carbonyl (C=O) groups is 1. The lowest BCUT2D eigenvalue weighted by Crippen LogP contribution is -2.38. The Morgan fingerprint density at radius 2 is 1.86 bits per heavy atom. The van der Waals surface area contributed by atoms with Crippen molar-refractivity contribution in [3.8, 4) is 0 Å². The van der Waals surface area contributed by atoms with Gasteiger partial charge in [-0.1, -0.05) is 45.5 Å². The molecular weight excluding hydrogens is 280 g/mol. The molecule has 1 aromatic heterocycles. The van der Waals surface area contributed by atoms with Crippen molar-refractivity contribution in [2.24, 2.45) is 10.8 Å². The Labute approximate surface area is 131 Å². The van der Waals surface area contributed by atoms with E-state index >= 15 is 0 Å². The van der Waals surface area contributed by atoms with Crippen LogP contribution < -0.4 is 4.90 Å². The van der Waals surface area contributed by atoms with E-state index < -0.39 is 0 Å². The molecule has 0 N–H and O–H groups in total. The monoisotopic (exact) mass is 306 g/mol. The van der Waals surface area contributed by atoms with E-state index in [9.17, 15) is 4.79 Å². The molecule has 0 spiro atoms. The zero-order valence-electron chi connectivity index (χ0n) is 13.7. The molecule has 2 aliphatic rings. The van der Waals surface area contributed by atoms with E-state index in [2.05, 4.69) is 32.6 Å². The lowest BCUT2D eigenvalue weighted by atomic mass is 9.78. The molecule has 0 amide bonds. The van der Waals surface area contributed by atoms with Crippen molar-refractivity contribution >= 4 is 22.3 Å². The first kappa shape index (κ1) is 15.0. The third-order valence-electron chi connectivity index (χ3n) is 5.32. The first-order valence-electron chi connectivity index (χ1n) is 8.10. The Hall–Kier alpha value is -0.900. The molecule has 1 aliphatic heterocycles. The van der Waals surface area contributed by atoms with Crippen LogP contribution in [0.5, 0.6) is 0 Å². The minimum atomic E-state index is 0.0676. The predicted octanol–water partition coefficient (Wildman–Crippen LogP) is 4.31. The summed E-state index contributed by atoms with van der Waals surface area (Å²) in [4.78, 5) is 20.4. The van der Waals surface area contributed by atoms with Gasteiger partial charge in [-0.25, -0.2) is 4.98 Å². The standard InChI is InChI=1S/C17H26N2OS/c1-5-17(4)6-8-19(9-7-17)15-18-12-10-16(2,3)11-13(20)14(12)21-15/h5-11H2,1-4H3. The van der Waals surface area contributed by atoms with E-state index in [-0.39, 0.29) is 5.41 Å². The maximum absolute atomic E-state index is 12.3. The number of hydrogen-bond donors (Lipinski definition) is 0. The fourth-order valence-corrected chi connectivity index (χ4v) is 4.51. The normalized spacial score (nSPS) is 24.0. The number of piperidine rings is 1. The first-order chi connectivity index (χ1) is 9.82. The maximum Gasteiger partial charge on any atom is 0.186 e. The second-order valence-electron chi connectivity index (χ2n) is 7.86. The van der Waals surface area contributed by atoms with Crippen LogP contribution in [0.3, 0.4) is 0 Å². The maximum atomic E-state index is 12.3. The van der Waals surface area contributed by atoms with Crippen LogP contribution in [0.2, 0.25) is 0 Å². The van der Waals surface area contributed by atoms with Crippen LogP contribution >= 0.6 is 11.3 Å². The first-order valence-corrected chi connectivity index (χ1v) is 8.91. The Bertz CT molecular complexity index is 553. The Balaban J connectivity index is 1.79. The van der Waals surface area contributed by atoms with Crippen LogP contribution in [-0.4, -0.2) is 23.9 Å². The third-order valence-corrected chi connectivity index (χ3v) is 6.52. The summed E-state index contributed by atoms with van der Waals surface area (Å²) < 4.78 is 0. The van der Waals surface area contributed by atoms with Crippen molar-refractivity contribution in [1.82, 2.24) is 4.98 Å². The highest BCUT2D eigenvalue weighted by Crippen LogP contribution is 2.41. The van der Waals surface area contributed by atoms with E-state index in [0.717, 1.165) is 35.2 Å². The molecule has 116 valence electrons. The average Bonchev–Trinajstić information content (AvgIpc) is 2.82. The summed E-state index contributed by atoms with van der Waals surface area (Å²) in [6.07, 6.45) is 5.31. The van der Waals surface area contributed by atoms with Gasteiger partial charge < -0.3 is 4.90 Å². The SMILES string of the molecule is CCC1(C)CCN(c2nc3c(s2)C(=O)CC(C)(C)C3)CC1. The molecule has 0 aromatic carbocycles. The molecule has 0 unspecified atom stereocenters. The number of Topliss-reactive ketones (excluding diaryl/α,β-unsaturated/α-hetero) is 1. The summed E-state index contributed by atoms with van der Waals surface area (Å²) in [5, 5.41) is 1.07. The number of nitrogens with zero attached hydrogens (tertiary/aromatic N) is 2. The number of aromatic nitrogens is 1. The quantitative estimate of drug-likeness (QED) is 0.816. The van der Waals surface area contributed by atoms with Crippen LogP contribution in [0.15, 0.2) is 0 Å². The summed E-state index contributed by atoms with van der Waals surface area (Å²) in [6, 6.07) is 0. The van der Waals surface area contributed by atoms with Gasteiger partial charge in [0.25, 0.3) is 0 Å². The molecule has 1 aliphatic carbocycles. The van der Waals surface area contributed by atoms with Gasteiger partial charge in [-0.15, -0.1) is 0 Å². The number of rotatable bonds is 2. The van der Waals surface area contributed by atoms with Gasteiger partial charge in [-0.3, -0.25) is 4.79 Å². The van der Waals surface area contributed by atoms with E-state index in [1.807, 2.05) is 0 Å². The molecule has 0 saturated carbocycles. The van der Waals surface area contributed by atoms with Gasteiger partial charge in [-0.2, -0.15) is 0 Å². The molecule has 2 heterocycles. The van der Waals surface area contributed by atoms with Gasteiger partial charge in [0.1, 0.15) is 0 Å². The van der Waals surface area contributed by atoms with Crippen molar-refractivity contribution in [3.63, 3.8) is 0 Å². The number of carbonyl (C=O) groups excluding carboxylic acids is 1. The van der Waals surface area contributed by atoms with Crippen LogP contribution in [-0.2, 0) is 6.42 Å². The summed E-state index contributed by atoms with van der Waals surface area (Å²) in [5.74, 6) is 0.292. The van der Waals surface area contributed by atoms with Crippen molar-refractivity contribution < 1.29 is 4.79 Å². The summed E-state index contributed by atoms with van der Waals surface area (Å²) in [7, 11) is 0. The highest BCUT2D eigenvalue weighted by molar-refractivity contribution is 7.17. The zero-order chi connectivity index (χ0) is 15.3. The molecule has 3 nitrogen and oxygen atoms in total. The fourth-order valence-electron chi connectivity index (χ4n) is 3.43. The molecule has 1 aromatic rings. The zero-order valence-corrected chi connectivity index (χ0v) is 14.5.